The number of benzene rings is 1. The number of hydrogen-bond acceptors (Lipinski definition) is 5. The predicted octanol–water partition coefficient (Wildman–Crippen LogP) is 2.97. The number of hydrogen-bond donors (Lipinski definition) is 1. The molecule has 2 heterocycles. The molecule has 1 aromatic heterocycles. The van der Waals surface area contributed by atoms with Crippen molar-refractivity contribution < 1.29 is 14.3 Å². The fourth-order valence-electron chi connectivity index (χ4n) is 2.43. The van der Waals surface area contributed by atoms with E-state index in [0.29, 0.717) is 18.0 Å². The van der Waals surface area contributed by atoms with Crippen LogP contribution in [0.25, 0.3) is 0 Å². The van der Waals surface area contributed by atoms with Crippen molar-refractivity contribution in [2.75, 3.05) is 13.2 Å². The summed E-state index contributed by atoms with van der Waals surface area (Å²) < 4.78 is 11.5. The molecular weight excluding hydrogens is 312 g/mol. The summed E-state index contributed by atoms with van der Waals surface area (Å²) in [6.45, 7) is 4.82. The number of nitrogens with one attached hydrogen (secondary N) is 1. The lowest BCUT2D eigenvalue weighted by atomic mass is 10.2. The van der Waals surface area contributed by atoms with Crippen molar-refractivity contribution >= 4 is 17.2 Å². The van der Waals surface area contributed by atoms with Crippen molar-refractivity contribution in [3.63, 3.8) is 0 Å². The minimum absolute atomic E-state index is 0.0928. The fraction of sp³-hybridized carbons (Fsp3) is 0.412. The van der Waals surface area contributed by atoms with Gasteiger partial charge in [-0.2, -0.15) is 0 Å². The van der Waals surface area contributed by atoms with Crippen LogP contribution in [-0.4, -0.2) is 30.1 Å². The number of nitrogens with zero attached hydrogens (tertiary/aromatic N) is 1. The summed E-state index contributed by atoms with van der Waals surface area (Å²) >= 11 is 1.47. The first-order valence-corrected chi connectivity index (χ1v) is 8.62. The fourth-order valence-corrected chi connectivity index (χ4v) is 3.52. The van der Waals surface area contributed by atoms with E-state index < -0.39 is 0 Å². The lowest BCUT2D eigenvalue weighted by molar-refractivity contribution is 0.0791. The second kappa shape index (κ2) is 7.00. The van der Waals surface area contributed by atoms with Gasteiger partial charge in [0.05, 0.1) is 17.2 Å². The van der Waals surface area contributed by atoms with Crippen molar-refractivity contribution in [3.05, 3.63) is 39.8 Å². The van der Waals surface area contributed by atoms with Crippen LogP contribution in [0, 0.1) is 6.92 Å². The van der Waals surface area contributed by atoms with E-state index in [9.17, 15) is 4.79 Å². The molecule has 0 saturated carbocycles. The molecule has 1 unspecified atom stereocenters. The van der Waals surface area contributed by atoms with Gasteiger partial charge in [0.2, 0.25) is 0 Å². The highest BCUT2D eigenvalue weighted by atomic mass is 32.1. The molecule has 5 nitrogen and oxygen atoms in total. The number of aromatic nitrogens is 1. The Hall–Kier alpha value is -2.08. The molecule has 0 fully saturated rings. The Morgan fingerprint density at radius 3 is 2.96 bits per heavy atom. The Kier molecular flexibility index (Phi) is 4.81. The molecule has 122 valence electrons. The summed E-state index contributed by atoms with van der Waals surface area (Å²) in [5.41, 5.74) is 0.794. The van der Waals surface area contributed by atoms with Gasteiger partial charge in [0.25, 0.3) is 5.91 Å². The van der Waals surface area contributed by atoms with Crippen LogP contribution < -0.4 is 14.8 Å². The van der Waals surface area contributed by atoms with Crippen molar-refractivity contribution in [3.8, 4) is 11.5 Å². The topological polar surface area (TPSA) is 60.5 Å². The lowest BCUT2D eigenvalue weighted by Gasteiger charge is -2.26. The van der Waals surface area contributed by atoms with E-state index in [2.05, 4.69) is 17.2 Å². The van der Waals surface area contributed by atoms with Gasteiger partial charge < -0.3 is 14.8 Å². The van der Waals surface area contributed by atoms with E-state index in [-0.39, 0.29) is 12.0 Å². The second-order valence-electron chi connectivity index (χ2n) is 5.48. The quantitative estimate of drug-likeness (QED) is 0.914. The SMILES string of the molecule is CCCc1nc(C)c(C(=O)NCC2COc3ccccc3O2)s1. The summed E-state index contributed by atoms with van der Waals surface area (Å²) in [7, 11) is 0. The number of thiazole rings is 1. The van der Waals surface area contributed by atoms with Crippen LogP contribution in [0.3, 0.4) is 0 Å². The van der Waals surface area contributed by atoms with Gasteiger partial charge in [-0.1, -0.05) is 19.1 Å². The van der Waals surface area contributed by atoms with Gasteiger partial charge >= 0.3 is 0 Å². The van der Waals surface area contributed by atoms with Crippen LogP contribution in [-0.2, 0) is 6.42 Å². The van der Waals surface area contributed by atoms with Gasteiger partial charge in [0, 0.05) is 0 Å². The van der Waals surface area contributed by atoms with Crippen LogP contribution in [0.2, 0.25) is 0 Å². The lowest BCUT2D eigenvalue weighted by Crippen LogP contribution is -2.40. The highest BCUT2D eigenvalue weighted by molar-refractivity contribution is 7.13. The molecule has 0 bridgehead atoms. The first kappa shape index (κ1) is 15.8. The molecule has 2 aromatic rings. The number of rotatable bonds is 5. The number of para-hydroxylation sites is 2. The Balaban J connectivity index is 1.57. The second-order valence-corrected chi connectivity index (χ2v) is 6.56. The first-order valence-electron chi connectivity index (χ1n) is 7.80. The van der Waals surface area contributed by atoms with Crippen molar-refractivity contribution in [2.24, 2.45) is 0 Å². The minimum Gasteiger partial charge on any atom is -0.486 e. The maximum absolute atomic E-state index is 12.3. The zero-order valence-electron chi connectivity index (χ0n) is 13.3. The summed E-state index contributed by atoms with van der Waals surface area (Å²) in [5, 5.41) is 3.94. The number of fused-ring (bicyclic) bond motifs is 1. The Bertz CT molecular complexity index is 699. The molecule has 0 spiro atoms. The molecule has 1 aliphatic heterocycles. The van der Waals surface area contributed by atoms with Gasteiger partial charge in [0.15, 0.2) is 11.5 Å². The number of carbonyl (C=O) groups is 1. The van der Waals surface area contributed by atoms with Gasteiger partial charge in [-0.15, -0.1) is 11.3 Å². The Morgan fingerprint density at radius 1 is 1.39 bits per heavy atom. The molecule has 1 amide bonds. The highest BCUT2D eigenvalue weighted by Crippen LogP contribution is 2.30. The predicted molar refractivity (Wildman–Crippen MR) is 89.5 cm³/mol. The Morgan fingerprint density at radius 2 is 2.17 bits per heavy atom. The average molecular weight is 332 g/mol. The van der Waals surface area contributed by atoms with Crippen LogP contribution in [0.15, 0.2) is 24.3 Å². The van der Waals surface area contributed by atoms with E-state index in [4.69, 9.17) is 9.47 Å². The Labute approximate surface area is 139 Å². The van der Waals surface area contributed by atoms with Gasteiger partial charge in [-0.05, 0) is 31.9 Å². The van der Waals surface area contributed by atoms with Gasteiger partial charge in [0.1, 0.15) is 17.6 Å². The molecular formula is C17H20N2O3S. The van der Waals surface area contributed by atoms with E-state index in [1.807, 2.05) is 31.2 Å². The highest BCUT2D eigenvalue weighted by Gasteiger charge is 2.22. The largest absolute Gasteiger partial charge is 0.486 e. The normalized spacial score (nSPS) is 16.2. The zero-order valence-corrected chi connectivity index (χ0v) is 14.1. The van der Waals surface area contributed by atoms with Crippen LogP contribution >= 0.6 is 11.3 Å². The monoisotopic (exact) mass is 332 g/mol. The van der Waals surface area contributed by atoms with Gasteiger partial charge in [-0.3, -0.25) is 4.79 Å². The van der Waals surface area contributed by atoms with E-state index in [1.165, 1.54) is 11.3 Å². The summed E-state index contributed by atoms with van der Waals surface area (Å²) in [6.07, 6.45) is 1.76. The molecule has 1 aromatic carbocycles. The molecule has 3 rings (SSSR count). The van der Waals surface area contributed by atoms with Crippen molar-refractivity contribution in [2.45, 2.75) is 32.8 Å². The molecule has 0 saturated heterocycles. The number of amides is 1. The summed E-state index contributed by atoms with van der Waals surface area (Å²) in [4.78, 5) is 17.5. The third kappa shape index (κ3) is 3.64. The molecule has 1 N–H and O–H groups in total. The van der Waals surface area contributed by atoms with Crippen molar-refractivity contribution in [1.82, 2.24) is 10.3 Å². The standard InChI is InChI=1S/C17H20N2O3S/c1-3-6-15-19-11(2)16(23-15)17(20)18-9-12-10-21-13-7-4-5-8-14(13)22-12/h4-5,7-8,12H,3,6,9-10H2,1-2H3,(H,18,20). The third-order valence-electron chi connectivity index (χ3n) is 3.57. The molecule has 1 aliphatic rings. The van der Waals surface area contributed by atoms with Crippen LogP contribution in [0.4, 0.5) is 0 Å². The summed E-state index contributed by atoms with van der Waals surface area (Å²) in [5.74, 6) is 1.37. The van der Waals surface area contributed by atoms with E-state index in [1.54, 1.807) is 0 Å². The molecule has 0 aliphatic carbocycles. The molecule has 0 radical (unpaired) electrons. The summed E-state index contributed by atoms with van der Waals surface area (Å²) in [6, 6.07) is 7.55. The average Bonchev–Trinajstić information content (AvgIpc) is 2.93. The third-order valence-corrected chi connectivity index (χ3v) is 4.78. The van der Waals surface area contributed by atoms with Crippen molar-refractivity contribution in [1.29, 1.82) is 0 Å². The zero-order chi connectivity index (χ0) is 16.2. The molecule has 1 atom stereocenters. The molecule has 23 heavy (non-hydrogen) atoms. The van der Waals surface area contributed by atoms with Crippen LogP contribution in [0.5, 0.6) is 11.5 Å². The minimum atomic E-state index is -0.183. The van der Waals surface area contributed by atoms with E-state index in [0.717, 1.165) is 35.0 Å². The van der Waals surface area contributed by atoms with Gasteiger partial charge in [-0.25, -0.2) is 4.98 Å². The van der Waals surface area contributed by atoms with Crippen LogP contribution in [0.1, 0.15) is 33.7 Å². The number of aryl methyl sites for hydroxylation is 2. The number of ether oxygens (including phenoxy) is 2. The first-order chi connectivity index (χ1) is 11.2. The number of carbonyl (C=O) groups excluding carboxylic acids is 1. The van der Waals surface area contributed by atoms with E-state index >= 15 is 0 Å². The smallest absolute Gasteiger partial charge is 0.263 e. The molecule has 6 heteroatoms. The maximum atomic E-state index is 12.3. The maximum Gasteiger partial charge on any atom is 0.263 e.